The molecule has 0 amide bonds. The summed E-state index contributed by atoms with van der Waals surface area (Å²) in [5.74, 6) is -0.0606. The van der Waals surface area contributed by atoms with E-state index in [4.69, 9.17) is 16.3 Å². The number of rotatable bonds is 5. The third kappa shape index (κ3) is 4.47. The van der Waals surface area contributed by atoms with E-state index in [1.807, 2.05) is 61.6 Å². The van der Waals surface area contributed by atoms with Crippen LogP contribution in [0.25, 0.3) is 11.0 Å². The average Bonchev–Trinajstić information content (AvgIpc) is 3.05. The van der Waals surface area contributed by atoms with Crippen LogP contribution in [0, 0.1) is 19.3 Å². The Hall–Kier alpha value is -2.40. The molecule has 3 aromatic rings. The van der Waals surface area contributed by atoms with E-state index in [2.05, 4.69) is 34.6 Å². The maximum absolute atomic E-state index is 13.4. The minimum atomic E-state index is -0.827. The zero-order valence-corrected chi connectivity index (χ0v) is 20.5. The molecule has 0 fully saturated rings. The van der Waals surface area contributed by atoms with Gasteiger partial charge in [-0.3, -0.25) is 4.79 Å². The molecule has 0 aliphatic heterocycles. The largest absolute Gasteiger partial charge is 0.460 e. The first-order valence-corrected chi connectivity index (χ1v) is 11.1. The highest BCUT2D eigenvalue weighted by Gasteiger charge is 2.42. The first-order chi connectivity index (χ1) is 14.4. The highest BCUT2D eigenvalue weighted by atomic mass is 35.5. The van der Waals surface area contributed by atoms with E-state index in [9.17, 15) is 4.79 Å². The molecule has 0 spiro atoms. The summed E-state index contributed by atoms with van der Waals surface area (Å²) < 4.78 is 7.60. The number of hydrogen-bond acceptors (Lipinski definition) is 4. The second kappa shape index (κ2) is 8.27. The molecule has 1 heterocycles. The van der Waals surface area contributed by atoms with Gasteiger partial charge >= 0.3 is 5.97 Å². The highest BCUT2D eigenvalue weighted by Crippen LogP contribution is 2.45. The Morgan fingerprint density at radius 3 is 2.42 bits per heavy atom. The summed E-state index contributed by atoms with van der Waals surface area (Å²) in [6.45, 7) is 13.7. The molecular weight excluding hydrogens is 410 g/mol. The van der Waals surface area contributed by atoms with Gasteiger partial charge in [0.2, 0.25) is 0 Å². The van der Waals surface area contributed by atoms with E-state index < -0.39 is 11.0 Å². The van der Waals surface area contributed by atoms with Crippen molar-refractivity contribution in [3.05, 3.63) is 58.1 Å². The Balaban J connectivity index is 2.25. The summed E-state index contributed by atoms with van der Waals surface area (Å²) >= 11 is 6.22. The van der Waals surface area contributed by atoms with Crippen molar-refractivity contribution in [3.8, 4) is 0 Å². The summed E-state index contributed by atoms with van der Waals surface area (Å²) in [6.07, 6.45) is 0. The molecule has 3 rings (SSSR count). The number of hydrogen-bond donors (Lipinski definition) is 0. The fourth-order valence-corrected chi connectivity index (χ4v) is 4.38. The van der Waals surface area contributed by atoms with E-state index in [1.165, 1.54) is 0 Å². The zero-order chi connectivity index (χ0) is 23.1. The number of halogens is 1. The number of benzene rings is 2. The lowest BCUT2D eigenvalue weighted by molar-refractivity contribution is -0.166. The Labute approximate surface area is 189 Å². The number of fused-ring (bicyclic) bond motifs is 1. The standard InChI is InChI=1S/C25H32ClN3O2/c1-15-9-10-17(13-18(15)14-26)21(25(6,7)23(30)31-24(3,4)5)19-11-12-20-22(16(19)2)27-28-29(20)8/h9-13,21H,14H2,1-8H3. The minimum Gasteiger partial charge on any atom is -0.460 e. The molecule has 5 nitrogen and oxygen atoms in total. The Morgan fingerprint density at radius 1 is 1.13 bits per heavy atom. The SMILES string of the molecule is Cc1ccc(C(c2ccc3c(nnn3C)c2C)C(C)(C)C(=O)OC(C)(C)C)cc1CCl. The Bertz CT molecular complexity index is 1130. The minimum absolute atomic E-state index is 0.239. The van der Waals surface area contributed by atoms with Crippen molar-refractivity contribution in [2.45, 2.75) is 65.9 Å². The van der Waals surface area contributed by atoms with Crippen molar-refractivity contribution in [2.75, 3.05) is 0 Å². The molecule has 0 aliphatic rings. The van der Waals surface area contributed by atoms with Gasteiger partial charge in [0.05, 0.1) is 10.9 Å². The number of carbonyl (C=O) groups excluding carboxylic acids is 1. The van der Waals surface area contributed by atoms with Crippen LogP contribution in [0.2, 0.25) is 0 Å². The summed E-state index contributed by atoms with van der Waals surface area (Å²) in [4.78, 5) is 13.4. The second-order valence-corrected chi connectivity index (χ2v) is 10.1. The van der Waals surface area contributed by atoms with Crippen LogP contribution in [0.5, 0.6) is 0 Å². The van der Waals surface area contributed by atoms with E-state index in [1.54, 1.807) is 4.68 Å². The molecule has 6 heteroatoms. The molecule has 0 bridgehead atoms. The maximum atomic E-state index is 13.4. The van der Waals surface area contributed by atoms with Crippen LogP contribution in [0.4, 0.5) is 0 Å². The van der Waals surface area contributed by atoms with Gasteiger partial charge in [-0.15, -0.1) is 16.7 Å². The highest BCUT2D eigenvalue weighted by molar-refractivity contribution is 6.17. The fraction of sp³-hybridized carbons (Fsp3) is 0.480. The summed E-state index contributed by atoms with van der Waals surface area (Å²) in [7, 11) is 1.88. The molecule has 2 aromatic carbocycles. The first kappa shape index (κ1) is 23.3. The van der Waals surface area contributed by atoms with Gasteiger partial charge in [0.15, 0.2) is 0 Å². The third-order valence-electron chi connectivity index (χ3n) is 5.89. The molecule has 1 aromatic heterocycles. The molecule has 1 atom stereocenters. The van der Waals surface area contributed by atoms with E-state index >= 15 is 0 Å². The number of aryl methyl sites for hydroxylation is 3. The Kier molecular flexibility index (Phi) is 6.21. The molecular formula is C25H32ClN3O2. The van der Waals surface area contributed by atoms with Gasteiger partial charge in [0.25, 0.3) is 0 Å². The van der Waals surface area contributed by atoms with Crippen LogP contribution in [-0.2, 0) is 22.5 Å². The molecule has 166 valence electrons. The van der Waals surface area contributed by atoms with Crippen molar-refractivity contribution < 1.29 is 9.53 Å². The number of aromatic nitrogens is 3. The normalized spacial score (nSPS) is 13.5. The molecule has 31 heavy (non-hydrogen) atoms. The summed E-state index contributed by atoms with van der Waals surface area (Å²) in [6, 6.07) is 10.4. The van der Waals surface area contributed by atoms with E-state index in [-0.39, 0.29) is 11.9 Å². The summed E-state index contributed by atoms with van der Waals surface area (Å²) in [5, 5.41) is 8.54. The quantitative estimate of drug-likeness (QED) is 0.369. The molecule has 0 saturated heterocycles. The van der Waals surface area contributed by atoms with Crippen LogP contribution in [-0.4, -0.2) is 26.6 Å². The van der Waals surface area contributed by atoms with Crippen LogP contribution in [0.15, 0.2) is 30.3 Å². The zero-order valence-electron chi connectivity index (χ0n) is 19.7. The van der Waals surface area contributed by atoms with Crippen LogP contribution in [0.3, 0.4) is 0 Å². The number of esters is 1. The van der Waals surface area contributed by atoms with Crippen molar-refractivity contribution in [2.24, 2.45) is 12.5 Å². The topological polar surface area (TPSA) is 57.0 Å². The van der Waals surface area contributed by atoms with Gasteiger partial charge < -0.3 is 4.74 Å². The van der Waals surface area contributed by atoms with E-state index in [0.717, 1.165) is 38.9 Å². The lowest BCUT2D eigenvalue weighted by Crippen LogP contribution is -2.38. The maximum Gasteiger partial charge on any atom is 0.312 e. The van der Waals surface area contributed by atoms with Gasteiger partial charge in [-0.05, 0) is 82.3 Å². The van der Waals surface area contributed by atoms with Gasteiger partial charge in [0.1, 0.15) is 11.1 Å². The van der Waals surface area contributed by atoms with Gasteiger partial charge in [-0.1, -0.05) is 29.5 Å². The number of alkyl halides is 1. The average molecular weight is 442 g/mol. The first-order valence-electron chi connectivity index (χ1n) is 10.5. The molecule has 1 unspecified atom stereocenters. The van der Waals surface area contributed by atoms with Gasteiger partial charge in [0, 0.05) is 18.8 Å². The smallest absolute Gasteiger partial charge is 0.312 e. The van der Waals surface area contributed by atoms with Gasteiger partial charge in [-0.2, -0.15) is 0 Å². The number of ether oxygens (including phenoxy) is 1. The van der Waals surface area contributed by atoms with Crippen LogP contribution in [0.1, 0.15) is 68.4 Å². The molecule has 0 radical (unpaired) electrons. The van der Waals surface area contributed by atoms with Crippen molar-refractivity contribution in [3.63, 3.8) is 0 Å². The fourth-order valence-electron chi connectivity index (χ4n) is 4.09. The van der Waals surface area contributed by atoms with Gasteiger partial charge in [-0.25, -0.2) is 4.68 Å². The van der Waals surface area contributed by atoms with E-state index in [0.29, 0.717) is 5.88 Å². The van der Waals surface area contributed by atoms with Crippen molar-refractivity contribution in [1.82, 2.24) is 15.0 Å². The second-order valence-electron chi connectivity index (χ2n) is 9.84. The predicted molar refractivity (Wildman–Crippen MR) is 125 cm³/mol. The predicted octanol–water partition coefficient (Wildman–Crippen LogP) is 5.82. The summed E-state index contributed by atoms with van der Waals surface area (Å²) in [5.41, 5.74) is 5.67. The van der Waals surface area contributed by atoms with Crippen LogP contribution < -0.4 is 0 Å². The third-order valence-corrected chi connectivity index (χ3v) is 6.18. The molecule has 0 aliphatic carbocycles. The molecule has 0 N–H and O–H groups in total. The lowest BCUT2D eigenvalue weighted by atomic mass is 9.69. The van der Waals surface area contributed by atoms with Crippen molar-refractivity contribution in [1.29, 1.82) is 0 Å². The van der Waals surface area contributed by atoms with Crippen molar-refractivity contribution >= 4 is 28.6 Å². The lowest BCUT2D eigenvalue weighted by Gasteiger charge is -2.36. The number of nitrogens with zero attached hydrogens (tertiary/aromatic N) is 3. The van der Waals surface area contributed by atoms with Crippen LogP contribution >= 0.6 is 11.6 Å². The monoisotopic (exact) mass is 441 g/mol. The molecule has 0 saturated carbocycles. The number of carbonyl (C=O) groups is 1. The Morgan fingerprint density at radius 2 is 1.81 bits per heavy atom.